The monoisotopic (exact) mass is 381 g/mol. The van der Waals surface area contributed by atoms with E-state index in [0.29, 0.717) is 5.92 Å². The Morgan fingerprint density at radius 2 is 2.15 bits per heavy atom. The number of thioether (sulfide) groups is 1. The van der Waals surface area contributed by atoms with Gasteiger partial charge < -0.3 is 16.4 Å². The van der Waals surface area contributed by atoms with Crippen LogP contribution in [-0.2, 0) is 0 Å². The Labute approximate surface area is 165 Å². The maximum absolute atomic E-state index is 5.84. The zero-order valence-corrected chi connectivity index (χ0v) is 16.8. The van der Waals surface area contributed by atoms with Crippen LogP contribution in [0.5, 0.6) is 0 Å². The Hall–Kier alpha value is -2.31. The molecular weight excluding hydrogens is 354 g/mol. The largest absolute Gasteiger partial charge is 0.366 e. The van der Waals surface area contributed by atoms with Crippen LogP contribution >= 0.6 is 11.8 Å². The van der Waals surface area contributed by atoms with Crippen molar-refractivity contribution >= 4 is 29.0 Å². The molecule has 0 radical (unpaired) electrons. The molecule has 4 N–H and O–H groups in total. The van der Waals surface area contributed by atoms with Crippen LogP contribution in [0.3, 0.4) is 0 Å². The smallest absolute Gasteiger partial charge is 0.155 e. The van der Waals surface area contributed by atoms with Gasteiger partial charge in [-0.1, -0.05) is 36.5 Å². The third kappa shape index (κ3) is 4.90. The highest BCUT2D eigenvalue weighted by Gasteiger charge is 2.29. The number of anilines is 1. The Balaban J connectivity index is 0.000000659. The van der Waals surface area contributed by atoms with Crippen molar-refractivity contribution in [2.75, 3.05) is 11.9 Å². The molecule has 0 saturated heterocycles. The number of benzene rings is 1. The molecule has 1 aromatic carbocycles. The van der Waals surface area contributed by atoms with Crippen molar-refractivity contribution in [3.05, 3.63) is 65.4 Å². The summed E-state index contributed by atoms with van der Waals surface area (Å²) in [6.45, 7) is 12.2. The molecule has 1 aromatic rings. The predicted molar refractivity (Wildman–Crippen MR) is 118 cm³/mol. The van der Waals surface area contributed by atoms with E-state index < -0.39 is 0 Å². The number of nitrogens with one attached hydrogen (secondary N) is 2. The number of hydrogen-bond acceptors (Lipinski definition) is 6. The van der Waals surface area contributed by atoms with Gasteiger partial charge in [-0.3, -0.25) is 4.99 Å². The van der Waals surface area contributed by atoms with Gasteiger partial charge in [0.25, 0.3) is 0 Å². The Morgan fingerprint density at radius 1 is 1.41 bits per heavy atom. The van der Waals surface area contributed by atoms with Gasteiger partial charge in [0.2, 0.25) is 0 Å². The highest BCUT2D eigenvalue weighted by Crippen LogP contribution is 2.33. The van der Waals surface area contributed by atoms with E-state index in [4.69, 9.17) is 10.7 Å². The van der Waals surface area contributed by atoms with E-state index in [1.165, 1.54) is 18.6 Å². The van der Waals surface area contributed by atoms with Crippen LogP contribution in [0.25, 0.3) is 0 Å². The maximum atomic E-state index is 5.84. The van der Waals surface area contributed by atoms with Crippen LogP contribution in [0.2, 0.25) is 0 Å². The molecule has 2 heterocycles. The zero-order valence-electron chi connectivity index (χ0n) is 16.0. The maximum Gasteiger partial charge on any atom is 0.155 e. The van der Waals surface area contributed by atoms with Gasteiger partial charge in [-0.25, -0.2) is 4.99 Å². The molecule has 1 aliphatic carbocycles. The van der Waals surface area contributed by atoms with Crippen molar-refractivity contribution in [2.45, 2.75) is 32.2 Å². The second-order valence-corrected chi connectivity index (χ2v) is 7.96. The summed E-state index contributed by atoms with van der Waals surface area (Å²) in [6, 6.07) is 6.28. The van der Waals surface area contributed by atoms with Crippen molar-refractivity contribution < 1.29 is 0 Å². The summed E-state index contributed by atoms with van der Waals surface area (Å²) in [7, 11) is 0. The lowest BCUT2D eigenvalue weighted by Gasteiger charge is -2.14. The molecule has 0 aromatic heterocycles. The van der Waals surface area contributed by atoms with Gasteiger partial charge in [0, 0.05) is 33.8 Å². The Bertz CT molecular complexity index is 833. The number of aliphatic imine (C=N–C) groups is 2. The lowest BCUT2D eigenvalue weighted by Crippen LogP contribution is -2.25. The van der Waals surface area contributed by atoms with E-state index in [-0.39, 0.29) is 5.50 Å². The molecular formula is C21H27N5S. The summed E-state index contributed by atoms with van der Waals surface area (Å²) in [6.07, 6.45) is 6.19. The van der Waals surface area contributed by atoms with Gasteiger partial charge in [-0.2, -0.15) is 0 Å². The van der Waals surface area contributed by atoms with E-state index in [9.17, 15) is 0 Å². The minimum Gasteiger partial charge on any atom is -0.366 e. The quantitative estimate of drug-likeness (QED) is 0.670. The second kappa shape index (κ2) is 8.59. The number of amidine groups is 1. The summed E-state index contributed by atoms with van der Waals surface area (Å²) >= 11 is 1.56. The minimum atomic E-state index is -0.103. The highest BCUT2D eigenvalue weighted by molar-refractivity contribution is 8.04. The average Bonchev–Trinajstić information content (AvgIpc) is 3.20. The van der Waals surface area contributed by atoms with Gasteiger partial charge in [0.1, 0.15) is 5.50 Å². The van der Waals surface area contributed by atoms with Crippen molar-refractivity contribution in [3.63, 3.8) is 0 Å². The second-order valence-electron chi connectivity index (χ2n) is 6.77. The third-order valence-corrected chi connectivity index (χ3v) is 5.41. The highest BCUT2D eigenvalue weighted by atomic mass is 32.2. The predicted octanol–water partition coefficient (Wildman–Crippen LogP) is 4.14. The van der Waals surface area contributed by atoms with Crippen molar-refractivity contribution in [2.24, 2.45) is 21.6 Å². The fraction of sp³-hybridized carbons (Fsp3) is 0.333. The molecule has 4 rings (SSSR count). The minimum absolute atomic E-state index is 0.103. The number of hydrogen-bond donors (Lipinski definition) is 3. The number of allylic oxidation sites excluding steroid dienone is 1. The molecule has 0 bridgehead atoms. The van der Waals surface area contributed by atoms with Crippen LogP contribution in [0, 0.1) is 12.8 Å². The number of aryl methyl sites for hydroxylation is 1. The lowest BCUT2D eigenvalue weighted by molar-refractivity contribution is 0.836. The van der Waals surface area contributed by atoms with Gasteiger partial charge >= 0.3 is 0 Å². The molecule has 2 aliphatic heterocycles. The fourth-order valence-electron chi connectivity index (χ4n) is 2.80. The number of nitrogens with two attached hydrogens (primary N) is 1. The van der Waals surface area contributed by atoms with Gasteiger partial charge in [-0.15, -0.1) is 6.58 Å². The molecule has 5 nitrogen and oxygen atoms in total. The first-order valence-corrected chi connectivity index (χ1v) is 10.0. The van der Waals surface area contributed by atoms with Gasteiger partial charge in [0.05, 0.1) is 6.54 Å². The van der Waals surface area contributed by atoms with Crippen molar-refractivity contribution in [3.8, 4) is 0 Å². The van der Waals surface area contributed by atoms with Crippen molar-refractivity contribution in [1.29, 1.82) is 0 Å². The van der Waals surface area contributed by atoms with Gasteiger partial charge in [-0.05, 0) is 44.2 Å². The molecule has 0 amide bonds. The topological polar surface area (TPSA) is 74.8 Å². The number of rotatable bonds is 5. The average molecular weight is 382 g/mol. The fourth-order valence-corrected chi connectivity index (χ4v) is 3.54. The molecule has 6 heteroatoms. The molecule has 27 heavy (non-hydrogen) atoms. The van der Waals surface area contributed by atoms with E-state index in [1.807, 2.05) is 13.1 Å². The first-order chi connectivity index (χ1) is 13.0. The Kier molecular flexibility index (Phi) is 6.19. The van der Waals surface area contributed by atoms with Crippen LogP contribution in [0.4, 0.5) is 5.69 Å². The Morgan fingerprint density at radius 3 is 2.78 bits per heavy atom. The molecule has 142 valence electrons. The van der Waals surface area contributed by atoms with Gasteiger partial charge in [0.15, 0.2) is 5.84 Å². The van der Waals surface area contributed by atoms with Crippen LogP contribution in [-0.4, -0.2) is 23.6 Å². The summed E-state index contributed by atoms with van der Waals surface area (Å²) in [5, 5.41) is 6.47. The van der Waals surface area contributed by atoms with E-state index >= 15 is 0 Å². The molecule has 1 saturated carbocycles. The van der Waals surface area contributed by atoms with Crippen molar-refractivity contribution in [1.82, 2.24) is 5.32 Å². The first-order valence-electron chi connectivity index (χ1n) is 9.16. The van der Waals surface area contributed by atoms with Crippen LogP contribution in [0.15, 0.2) is 64.2 Å². The SMILES string of the molecule is C=C(Nc1cc(C2=NCC(C3CC3)=N2)ccc1C)C1=CNC(N)S1.C=CC. The molecule has 1 atom stereocenters. The third-order valence-electron chi connectivity index (χ3n) is 4.40. The van der Waals surface area contributed by atoms with E-state index in [2.05, 4.69) is 53.9 Å². The normalized spacial score (nSPS) is 20.6. The van der Waals surface area contributed by atoms with E-state index in [0.717, 1.165) is 39.8 Å². The van der Waals surface area contributed by atoms with E-state index in [1.54, 1.807) is 17.8 Å². The van der Waals surface area contributed by atoms with Crippen LogP contribution in [0.1, 0.15) is 30.9 Å². The zero-order chi connectivity index (χ0) is 19.4. The first kappa shape index (κ1) is 19.5. The summed E-state index contributed by atoms with van der Waals surface area (Å²) in [4.78, 5) is 10.4. The molecule has 3 aliphatic rings. The molecule has 0 spiro atoms. The lowest BCUT2D eigenvalue weighted by atomic mass is 10.1. The molecule has 1 fully saturated rings. The summed E-state index contributed by atoms with van der Waals surface area (Å²) in [5.74, 6) is 1.53. The molecule has 1 unspecified atom stereocenters. The van der Waals surface area contributed by atoms with Crippen LogP contribution < -0.4 is 16.4 Å². The number of nitrogens with zero attached hydrogens (tertiary/aromatic N) is 2. The standard InChI is InChI=1S/C18H21N5S.C3H6/c1-10-3-4-13(17-20-8-15(23-17)12-5-6-12)7-14(10)22-11(2)16-9-21-18(19)24-16;1-3-2/h3-4,7,9,12,18,21-22H,2,5-6,8,19H2,1H3;3H,1H2,2H3. The summed E-state index contributed by atoms with van der Waals surface area (Å²) in [5.41, 5.74) is 11.1. The summed E-state index contributed by atoms with van der Waals surface area (Å²) < 4.78 is 0.